The van der Waals surface area contributed by atoms with Gasteiger partial charge in [0.15, 0.2) is 11.4 Å². The summed E-state index contributed by atoms with van der Waals surface area (Å²) in [6, 6.07) is 0. The van der Waals surface area contributed by atoms with Crippen LogP contribution >= 0.6 is 0 Å². The summed E-state index contributed by atoms with van der Waals surface area (Å²) in [5, 5.41) is 46.0. The molecule has 2 aromatic carbocycles. The molecule has 0 bridgehead atoms. The van der Waals surface area contributed by atoms with Crippen molar-refractivity contribution in [3.63, 3.8) is 0 Å². The van der Waals surface area contributed by atoms with E-state index in [1.54, 1.807) is 26.8 Å². The number of phenols is 2. The topological polar surface area (TPSA) is 212 Å². The molecule has 0 radical (unpaired) electrons. The van der Waals surface area contributed by atoms with Crippen LogP contribution in [0.1, 0.15) is 122 Å². The molecule has 376 valence electrons. The number of benzene rings is 2. The fourth-order valence-electron chi connectivity index (χ4n) is 12.3. The molecular formula is C52H78N6O10. The maximum absolute atomic E-state index is 14.7. The van der Waals surface area contributed by atoms with Gasteiger partial charge in [0, 0.05) is 113 Å². The number of anilines is 1. The maximum Gasteiger partial charge on any atom is 0.410 e. The highest BCUT2D eigenvalue weighted by Crippen LogP contribution is 2.50. The lowest BCUT2D eigenvalue weighted by Crippen LogP contribution is -2.64. The monoisotopic (exact) mass is 947 g/mol. The van der Waals surface area contributed by atoms with Crippen molar-refractivity contribution in [2.45, 2.75) is 149 Å². The molecule has 8 atom stereocenters. The van der Waals surface area contributed by atoms with Crippen LogP contribution in [0.2, 0.25) is 0 Å². The van der Waals surface area contributed by atoms with Crippen LogP contribution in [-0.2, 0) is 14.2 Å². The average molecular weight is 947 g/mol. The van der Waals surface area contributed by atoms with Crippen LogP contribution < -0.4 is 21.2 Å². The molecule has 8 rings (SSSR count). The summed E-state index contributed by atoms with van der Waals surface area (Å²) >= 11 is 0. The highest BCUT2D eigenvalue weighted by atomic mass is 16.7. The summed E-state index contributed by atoms with van der Waals surface area (Å²) in [6.07, 6.45) is 8.92. The number of methoxy groups -OCH3 is 1. The number of hydrogen-bond acceptors (Lipinski definition) is 15. The molecule has 6 aliphatic rings. The molecule has 68 heavy (non-hydrogen) atoms. The lowest BCUT2D eigenvalue weighted by atomic mass is 9.72. The summed E-state index contributed by atoms with van der Waals surface area (Å²) in [6.45, 7) is 21.4. The van der Waals surface area contributed by atoms with Crippen LogP contribution in [0, 0.1) is 41.9 Å². The summed E-state index contributed by atoms with van der Waals surface area (Å²) in [4.78, 5) is 45.8. The third-order valence-electron chi connectivity index (χ3n) is 16.5. The summed E-state index contributed by atoms with van der Waals surface area (Å²) in [5.41, 5.74) is 6.06. The van der Waals surface area contributed by atoms with E-state index in [0.717, 1.165) is 58.0 Å². The fourth-order valence-corrected chi connectivity index (χ4v) is 12.3. The maximum atomic E-state index is 14.7. The normalized spacial score (nSPS) is 25.8. The molecule has 2 aromatic rings. The smallest absolute Gasteiger partial charge is 0.410 e. The van der Waals surface area contributed by atoms with E-state index in [2.05, 4.69) is 23.6 Å². The van der Waals surface area contributed by atoms with Crippen molar-refractivity contribution in [2.24, 2.45) is 45.0 Å². The number of aromatic hydroxyl groups is 2. The second-order valence-corrected chi connectivity index (χ2v) is 22.2. The van der Waals surface area contributed by atoms with Gasteiger partial charge in [-0.2, -0.15) is 0 Å². The molecule has 1 amide bonds. The number of carbonyl (C=O) groups excluding carboxylic acids is 2. The van der Waals surface area contributed by atoms with Crippen LogP contribution in [0.4, 0.5) is 10.5 Å². The number of aliphatic hydroxyl groups excluding tert-OH is 2. The molecule has 4 fully saturated rings. The summed E-state index contributed by atoms with van der Waals surface area (Å²) in [5.74, 6) is -3.43. The number of nitrogen functional groups attached to an aromatic ring is 1. The minimum Gasteiger partial charge on any atom is -0.507 e. The summed E-state index contributed by atoms with van der Waals surface area (Å²) in [7, 11) is 1.52. The fraction of sp³-hybridized carbons (Fsp3) is 0.731. The summed E-state index contributed by atoms with van der Waals surface area (Å²) < 4.78 is 25.0. The van der Waals surface area contributed by atoms with Crippen LogP contribution in [0.5, 0.6) is 17.2 Å². The van der Waals surface area contributed by atoms with E-state index in [9.17, 15) is 30.0 Å². The zero-order valence-electron chi connectivity index (χ0n) is 41.9. The van der Waals surface area contributed by atoms with Gasteiger partial charge >= 0.3 is 11.9 Å². The number of piperidine rings is 2. The molecule has 16 nitrogen and oxygen atoms in total. The number of ketones is 1. The molecular weight excluding hydrogens is 869 g/mol. The van der Waals surface area contributed by atoms with E-state index in [-0.39, 0.29) is 55.6 Å². The zero-order valence-corrected chi connectivity index (χ0v) is 41.9. The Bertz CT molecular complexity index is 2370. The molecule has 5 aliphatic heterocycles. The lowest BCUT2D eigenvalue weighted by Gasteiger charge is -2.55. The Morgan fingerprint density at radius 2 is 1.56 bits per heavy atom. The molecule has 2 spiro atoms. The molecule has 0 unspecified atom stereocenters. The SMILES string of the molecule is CO[C@@H](/C=C/O[C@@]1(C)Oc2c(C)c(O)c3c(O)c(N)c4c(c3c2C1=O)=NC1(CCN(CC(C)C)CC1)N=4)[C@@H](C)[C@@H](OC(=O)N1CCCC2(CN(CC3CCCCC3)C2)C1)[C@H](C)[C@H](O)[C@H](C)[C@H](C)O. The standard InChI is InChI=1S/C52H78N6O10/c1-29(2)24-56-21-18-52(19-22-56)54-41-37-38(45(62)40(53)42(41)55-52)44(61)33(6)47-39(37)48(63)50(8,68-47)66-23-16-36(65-9)31(4)46(32(5)43(60)30(3)34(7)59)67-49(64)58-20-13-17-51(28-58)26-57(27-51)25-35-14-11-10-12-15-35/h16,23,29-32,34-36,43,46,59-62H,10-15,17-22,24-28,53H2,1-9H3/b23-16+/t30-,31-,32-,34+,36+,43-,46-,50+/m1/s1. The van der Waals surface area contributed by atoms with Crippen LogP contribution in [0.25, 0.3) is 10.8 Å². The molecule has 0 aromatic heterocycles. The average Bonchev–Trinajstić information content (AvgIpc) is 3.81. The molecule has 1 saturated carbocycles. The van der Waals surface area contributed by atoms with Crippen molar-refractivity contribution in [2.75, 3.05) is 65.2 Å². The van der Waals surface area contributed by atoms with E-state index in [0.29, 0.717) is 37.2 Å². The van der Waals surface area contributed by atoms with Crippen molar-refractivity contribution in [1.82, 2.24) is 14.7 Å². The van der Waals surface area contributed by atoms with Crippen molar-refractivity contribution in [3.05, 3.63) is 34.2 Å². The van der Waals surface area contributed by atoms with Gasteiger partial charge in [0.05, 0.1) is 40.9 Å². The van der Waals surface area contributed by atoms with Gasteiger partial charge in [-0.05, 0) is 57.4 Å². The van der Waals surface area contributed by atoms with Crippen molar-refractivity contribution >= 4 is 28.3 Å². The predicted molar refractivity (Wildman–Crippen MR) is 258 cm³/mol. The number of rotatable bonds is 15. The van der Waals surface area contributed by atoms with Gasteiger partial charge in [0.1, 0.15) is 28.6 Å². The number of amides is 1. The van der Waals surface area contributed by atoms with Gasteiger partial charge in [-0.3, -0.25) is 14.8 Å². The van der Waals surface area contributed by atoms with E-state index < -0.39 is 65.5 Å². The van der Waals surface area contributed by atoms with E-state index in [1.807, 2.05) is 18.7 Å². The van der Waals surface area contributed by atoms with Gasteiger partial charge in [-0.1, -0.05) is 53.9 Å². The minimum absolute atomic E-state index is 0.00149. The number of likely N-dealkylation sites (tertiary alicyclic amines) is 3. The zero-order chi connectivity index (χ0) is 49.0. The Hall–Kier alpha value is -4.22. The minimum atomic E-state index is -1.91. The predicted octanol–water partition coefficient (Wildman–Crippen LogP) is 5.81. The van der Waals surface area contributed by atoms with Gasteiger partial charge in [0.25, 0.3) is 5.78 Å². The Kier molecular flexibility index (Phi) is 14.4. The van der Waals surface area contributed by atoms with E-state index in [4.69, 9.17) is 34.7 Å². The Morgan fingerprint density at radius 3 is 2.21 bits per heavy atom. The molecule has 3 saturated heterocycles. The lowest BCUT2D eigenvalue weighted by molar-refractivity contribution is -0.0960. The second kappa shape index (κ2) is 19.5. The third-order valence-corrected chi connectivity index (χ3v) is 16.5. The molecule has 16 heteroatoms. The van der Waals surface area contributed by atoms with Crippen molar-refractivity contribution < 1.29 is 49.0 Å². The number of ether oxygens (including phenoxy) is 4. The largest absolute Gasteiger partial charge is 0.507 e. The van der Waals surface area contributed by atoms with Crippen molar-refractivity contribution in [1.29, 1.82) is 0 Å². The van der Waals surface area contributed by atoms with E-state index >= 15 is 0 Å². The number of hydrogen-bond donors (Lipinski definition) is 5. The van der Waals surface area contributed by atoms with Crippen LogP contribution in [0.3, 0.4) is 0 Å². The first-order chi connectivity index (χ1) is 32.2. The quantitative estimate of drug-likeness (QED) is 0.0812. The molecule has 6 N–H and O–H groups in total. The number of aliphatic hydroxyl groups is 2. The number of Topliss-reactive ketones (excluding diaryl/α,β-unsaturated/α-hetero) is 1. The Morgan fingerprint density at radius 1 is 0.882 bits per heavy atom. The number of nitrogens with zero attached hydrogens (tertiary/aromatic N) is 5. The first-order valence-electron chi connectivity index (χ1n) is 25.4. The highest BCUT2D eigenvalue weighted by molar-refractivity contribution is 6.19. The van der Waals surface area contributed by atoms with E-state index in [1.165, 1.54) is 52.4 Å². The van der Waals surface area contributed by atoms with Gasteiger partial charge in [-0.15, -0.1) is 0 Å². The first-order valence-corrected chi connectivity index (χ1v) is 25.4. The van der Waals surface area contributed by atoms with Crippen LogP contribution in [-0.4, -0.2) is 142 Å². The second-order valence-electron chi connectivity index (χ2n) is 22.2. The number of fused-ring (bicyclic) bond motifs is 5. The Labute approximate surface area is 401 Å². The van der Waals surface area contributed by atoms with Crippen molar-refractivity contribution in [3.8, 4) is 17.2 Å². The van der Waals surface area contributed by atoms with Gasteiger partial charge in [0.2, 0.25) is 0 Å². The molecule has 5 heterocycles. The number of nitrogens with two attached hydrogens (primary N) is 1. The number of carbonyl (C=O) groups is 2. The van der Waals surface area contributed by atoms with Gasteiger partial charge < -0.3 is 59.8 Å². The highest BCUT2D eigenvalue weighted by Gasteiger charge is 2.51. The molecule has 1 aliphatic carbocycles. The van der Waals surface area contributed by atoms with Gasteiger partial charge in [-0.25, -0.2) is 4.79 Å². The Balaban J connectivity index is 1.01. The first kappa shape index (κ1) is 50.2. The third kappa shape index (κ3) is 9.40. The van der Waals surface area contributed by atoms with Crippen LogP contribution in [0.15, 0.2) is 22.3 Å². The number of phenolic OH excluding ortho intramolecular Hbond substituents is 2.